The molecule has 0 bridgehead atoms. The Morgan fingerprint density at radius 1 is 1.03 bits per heavy atom. The van der Waals surface area contributed by atoms with E-state index in [1.807, 2.05) is 7.05 Å². The van der Waals surface area contributed by atoms with Crippen LogP contribution in [0, 0.1) is 0 Å². The molecule has 1 aromatic rings. The number of aliphatic imine (C=N–C) groups is 1. The smallest absolute Gasteiger partial charge is 0.191 e. The molecule has 1 aromatic carbocycles. The van der Waals surface area contributed by atoms with Crippen molar-refractivity contribution >= 4 is 29.9 Å². The summed E-state index contributed by atoms with van der Waals surface area (Å²) in [5, 5.41) is 7.24. The largest absolute Gasteiger partial charge is 0.373 e. The first-order chi connectivity index (χ1) is 15.1. The Balaban J connectivity index is 0.00000289. The number of benzene rings is 1. The van der Waals surface area contributed by atoms with Gasteiger partial charge in [0.15, 0.2) is 5.96 Å². The molecule has 2 aliphatic heterocycles. The summed E-state index contributed by atoms with van der Waals surface area (Å²) in [6.07, 6.45) is 7.39. The van der Waals surface area contributed by atoms with Gasteiger partial charge in [-0.25, -0.2) is 0 Å². The van der Waals surface area contributed by atoms with Gasteiger partial charge in [-0.15, -0.1) is 24.0 Å². The molecule has 3 aliphatic rings. The summed E-state index contributed by atoms with van der Waals surface area (Å²) in [5.41, 5.74) is 2.73. The topological polar surface area (TPSA) is 52.1 Å². The van der Waals surface area contributed by atoms with Gasteiger partial charge in [0.05, 0.1) is 12.2 Å². The second-order valence-corrected chi connectivity index (χ2v) is 9.71. The first kappa shape index (κ1) is 25.7. The standard InChI is InChI=1S/C25H41N5O.HI/c1-19-15-29(16-20(2)31-19)17-22-9-5-4-8-21(22)14-27-25(26-3)28-23-12-13-30(18-23)24-10-6-7-11-24;/h4-5,8-9,19-20,23-24H,6-7,10-18H2,1-3H3,(H2,26,27,28);1H. The molecule has 0 radical (unpaired) electrons. The fourth-order valence-corrected chi connectivity index (χ4v) is 5.61. The number of likely N-dealkylation sites (tertiary alicyclic amines) is 1. The summed E-state index contributed by atoms with van der Waals surface area (Å²) in [6.45, 7) is 10.5. The van der Waals surface area contributed by atoms with Gasteiger partial charge in [0, 0.05) is 58.4 Å². The minimum Gasteiger partial charge on any atom is -0.373 e. The van der Waals surface area contributed by atoms with Crippen LogP contribution in [0.2, 0.25) is 0 Å². The van der Waals surface area contributed by atoms with Crippen molar-refractivity contribution in [3.8, 4) is 0 Å². The van der Waals surface area contributed by atoms with Gasteiger partial charge in [0.1, 0.15) is 0 Å². The van der Waals surface area contributed by atoms with Crippen LogP contribution in [0.25, 0.3) is 0 Å². The number of morpholine rings is 1. The lowest BCUT2D eigenvalue weighted by Gasteiger charge is -2.35. The Hall–Kier alpha value is -0.900. The quantitative estimate of drug-likeness (QED) is 0.319. The highest BCUT2D eigenvalue weighted by molar-refractivity contribution is 14.0. The van der Waals surface area contributed by atoms with Crippen molar-refractivity contribution in [3.63, 3.8) is 0 Å². The molecule has 32 heavy (non-hydrogen) atoms. The highest BCUT2D eigenvalue weighted by Gasteiger charge is 2.30. The average molecular weight is 556 g/mol. The molecule has 3 fully saturated rings. The van der Waals surface area contributed by atoms with Crippen molar-refractivity contribution in [3.05, 3.63) is 35.4 Å². The predicted octanol–water partition coefficient (Wildman–Crippen LogP) is 3.60. The van der Waals surface area contributed by atoms with E-state index in [2.05, 4.69) is 63.5 Å². The molecule has 1 aliphatic carbocycles. The number of halogens is 1. The van der Waals surface area contributed by atoms with Crippen LogP contribution in [-0.4, -0.2) is 73.3 Å². The van der Waals surface area contributed by atoms with Crippen molar-refractivity contribution < 1.29 is 4.74 Å². The van der Waals surface area contributed by atoms with Gasteiger partial charge in [-0.3, -0.25) is 14.8 Å². The van der Waals surface area contributed by atoms with Gasteiger partial charge in [0.25, 0.3) is 0 Å². The van der Waals surface area contributed by atoms with Crippen LogP contribution in [0.4, 0.5) is 0 Å². The SMILES string of the molecule is CN=C(NCc1ccccc1CN1CC(C)OC(C)C1)NC1CCN(C2CCCC2)C1.I. The molecule has 1 saturated carbocycles. The molecule has 6 nitrogen and oxygen atoms in total. The maximum atomic E-state index is 5.90. The van der Waals surface area contributed by atoms with E-state index in [9.17, 15) is 0 Å². The molecule has 3 unspecified atom stereocenters. The van der Waals surface area contributed by atoms with E-state index in [1.165, 1.54) is 49.8 Å². The molecule has 4 rings (SSSR count). The fraction of sp³-hybridized carbons (Fsp3) is 0.720. The van der Waals surface area contributed by atoms with E-state index in [1.54, 1.807) is 0 Å². The minimum atomic E-state index is 0. The number of nitrogens with one attached hydrogen (secondary N) is 2. The molecule has 0 spiro atoms. The van der Waals surface area contributed by atoms with Crippen molar-refractivity contribution in [1.29, 1.82) is 0 Å². The van der Waals surface area contributed by atoms with Gasteiger partial charge in [-0.1, -0.05) is 37.1 Å². The molecule has 180 valence electrons. The van der Waals surface area contributed by atoms with Crippen LogP contribution >= 0.6 is 24.0 Å². The van der Waals surface area contributed by atoms with Gasteiger partial charge >= 0.3 is 0 Å². The Morgan fingerprint density at radius 3 is 2.41 bits per heavy atom. The number of rotatable bonds is 6. The zero-order valence-electron chi connectivity index (χ0n) is 20.1. The lowest BCUT2D eigenvalue weighted by Crippen LogP contribution is -2.45. The Bertz CT molecular complexity index is 729. The van der Waals surface area contributed by atoms with Crippen molar-refractivity contribution in [1.82, 2.24) is 20.4 Å². The van der Waals surface area contributed by atoms with Gasteiger partial charge in [-0.2, -0.15) is 0 Å². The van der Waals surface area contributed by atoms with Gasteiger partial charge in [0.2, 0.25) is 0 Å². The number of ether oxygens (including phenoxy) is 1. The number of hydrogen-bond acceptors (Lipinski definition) is 4. The summed E-state index contributed by atoms with van der Waals surface area (Å²) in [6, 6.07) is 10.1. The van der Waals surface area contributed by atoms with Crippen LogP contribution < -0.4 is 10.6 Å². The highest BCUT2D eigenvalue weighted by Crippen LogP contribution is 2.26. The third-order valence-corrected chi connectivity index (χ3v) is 7.08. The van der Waals surface area contributed by atoms with Crippen molar-refractivity contribution in [2.75, 3.05) is 33.2 Å². The summed E-state index contributed by atoms with van der Waals surface area (Å²) >= 11 is 0. The van der Waals surface area contributed by atoms with E-state index in [0.717, 1.165) is 44.7 Å². The van der Waals surface area contributed by atoms with Crippen LogP contribution in [-0.2, 0) is 17.8 Å². The summed E-state index contributed by atoms with van der Waals surface area (Å²) in [7, 11) is 1.88. The molecular weight excluding hydrogens is 513 g/mol. The molecule has 7 heteroatoms. The normalized spacial score (nSPS) is 28.0. The third-order valence-electron chi connectivity index (χ3n) is 7.08. The Morgan fingerprint density at radius 2 is 1.72 bits per heavy atom. The average Bonchev–Trinajstić information content (AvgIpc) is 3.43. The molecule has 0 amide bonds. The van der Waals surface area contributed by atoms with E-state index < -0.39 is 0 Å². The zero-order chi connectivity index (χ0) is 21.6. The first-order valence-electron chi connectivity index (χ1n) is 12.3. The lowest BCUT2D eigenvalue weighted by molar-refractivity contribution is -0.0705. The summed E-state index contributed by atoms with van der Waals surface area (Å²) in [4.78, 5) is 9.71. The lowest BCUT2D eigenvalue weighted by atomic mass is 10.1. The van der Waals surface area contributed by atoms with E-state index in [-0.39, 0.29) is 24.0 Å². The van der Waals surface area contributed by atoms with E-state index >= 15 is 0 Å². The second kappa shape index (κ2) is 12.5. The van der Waals surface area contributed by atoms with Gasteiger partial charge < -0.3 is 15.4 Å². The van der Waals surface area contributed by atoms with E-state index in [4.69, 9.17) is 4.74 Å². The van der Waals surface area contributed by atoms with Crippen LogP contribution in [0.1, 0.15) is 57.1 Å². The monoisotopic (exact) mass is 555 g/mol. The fourth-order valence-electron chi connectivity index (χ4n) is 5.61. The number of nitrogens with zero attached hydrogens (tertiary/aromatic N) is 3. The molecule has 0 aromatic heterocycles. The Kier molecular flexibility index (Phi) is 10.1. The molecule has 3 atom stereocenters. The number of guanidine groups is 1. The van der Waals surface area contributed by atoms with Crippen molar-refractivity contribution in [2.45, 2.75) is 83.3 Å². The Labute approximate surface area is 211 Å². The number of hydrogen-bond donors (Lipinski definition) is 2. The molecular formula is C25H42IN5O. The van der Waals surface area contributed by atoms with Gasteiger partial charge in [-0.05, 0) is 44.2 Å². The van der Waals surface area contributed by atoms with Crippen molar-refractivity contribution in [2.24, 2.45) is 4.99 Å². The second-order valence-electron chi connectivity index (χ2n) is 9.71. The molecule has 2 saturated heterocycles. The third kappa shape index (κ3) is 7.05. The van der Waals surface area contributed by atoms with Crippen LogP contribution in [0.5, 0.6) is 0 Å². The minimum absolute atomic E-state index is 0. The molecule has 2 heterocycles. The summed E-state index contributed by atoms with van der Waals surface area (Å²) in [5.74, 6) is 0.918. The first-order valence-corrected chi connectivity index (χ1v) is 12.3. The highest BCUT2D eigenvalue weighted by atomic mass is 127. The maximum absolute atomic E-state index is 5.90. The van der Waals surface area contributed by atoms with Crippen LogP contribution in [0.3, 0.4) is 0 Å². The predicted molar refractivity (Wildman–Crippen MR) is 143 cm³/mol. The molecule has 2 N–H and O–H groups in total. The van der Waals surface area contributed by atoms with Crippen LogP contribution in [0.15, 0.2) is 29.3 Å². The maximum Gasteiger partial charge on any atom is 0.191 e. The van der Waals surface area contributed by atoms with E-state index in [0.29, 0.717) is 18.2 Å². The zero-order valence-corrected chi connectivity index (χ0v) is 22.4. The summed E-state index contributed by atoms with van der Waals surface area (Å²) < 4.78 is 5.90.